The minimum Gasteiger partial charge on any atom is -0.107 e. The van der Waals surface area contributed by atoms with Crippen molar-refractivity contribution >= 4 is 7.92 Å². The first-order valence-corrected chi connectivity index (χ1v) is 7.55. The number of unbranched alkanes of at least 4 members (excludes halogenated alkanes) is 3. The van der Waals surface area contributed by atoms with Crippen LogP contribution in [0.25, 0.3) is 0 Å². The predicted molar refractivity (Wildman–Crippen MR) is 59.5 cm³/mol. The SMILES string of the molecule is CCCCCCP1CCCCC1. The van der Waals surface area contributed by atoms with Crippen molar-refractivity contribution in [3.8, 4) is 0 Å². The minimum atomic E-state index is 0.512. The van der Waals surface area contributed by atoms with E-state index in [9.17, 15) is 0 Å². The molecule has 0 radical (unpaired) electrons. The third kappa shape index (κ3) is 4.45. The third-order valence-electron chi connectivity index (χ3n) is 2.78. The van der Waals surface area contributed by atoms with Gasteiger partial charge in [-0.15, -0.1) is 7.92 Å². The van der Waals surface area contributed by atoms with Crippen LogP contribution in [0.4, 0.5) is 0 Å². The highest BCUT2D eigenvalue weighted by molar-refractivity contribution is 7.57. The molecule has 1 heterocycles. The quantitative estimate of drug-likeness (QED) is 0.445. The van der Waals surface area contributed by atoms with Crippen LogP contribution < -0.4 is 0 Å². The fourth-order valence-electron chi connectivity index (χ4n) is 1.95. The van der Waals surface area contributed by atoms with Crippen molar-refractivity contribution in [1.29, 1.82) is 0 Å². The first kappa shape index (κ1) is 10.5. The Morgan fingerprint density at radius 2 is 1.67 bits per heavy atom. The molecule has 0 amide bonds. The number of hydrogen-bond acceptors (Lipinski definition) is 0. The van der Waals surface area contributed by atoms with E-state index in [1.54, 1.807) is 31.3 Å². The predicted octanol–water partition coefficient (Wildman–Crippen LogP) is 4.23. The maximum Gasteiger partial charge on any atom is -0.0326 e. The summed E-state index contributed by atoms with van der Waals surface area (Å²) in [5, 5.41) is 0. The standard InChI is InChI=1S/C11H23P/c1-2-3-4-6-9-12-10-7-5-8-11-12/h2-11H2,1H3. The topological polar surface area (TPSA) is 0 Å². The molecule has 0 aliphatic carbocycles. The Labute approximate surface area is 78.9 Å². The van der Waals surface area contributed by atoms with Gasteiger partial charge in [-0.1, -0.05) is 32.6 Å². The van der Waals surface area contributed by atoms with E-state index in [0.29, 0.717) is 7.92 Å². The lowest BCUT2D eigenvalue weighted by Crippen LogP contribution is -2.01. The molecule has 0 nitrogen and oxygen atoms in total. The van der Waals surface area contributed by atoms with Gasteiger partial charge in [-0.2, -0.15) is 0 Å². The van der Waals surface area contributed by atoms with Crippen LogP contribution in [0.5, 0.6) is 0 Å². The van der Waals surface area contributed by atoms with Gasteiger partial charge in [-0.05, 0) is 37.7 Å². The number of hydrogen-bond donors (Lipinski definition) is 0. The lowest BCUT2D eigenvalue weighted by molar-refractivity contribution is 0.697. The van der Waals surface area contributed by atoms with Crippen LogP contribution in [-0.2, 0) is 0 Å². The minimum absolute atomic E-state index is 0.512. The molecule has 0 aromatic rings. The van der Waals surface area contributed by atoms with Gasteiger partial charge in [0.1, 0.15) is 0 Å². The summed E-state index contributed by atoms with van der Waals surface area (Å²) < 4.78 is 0. The normalized spacial score (nSPS) is 19.8. The summed E-state index contributed by atoms with van der Waals surface area (Å²) in [5.74, 6) is 0. The van der Waals surface area contributed by atoms with E-state index < -0.39 is 0 Å². The Kier molecular flexibility index (Phi) is 6.04. The fourth-order valence-corrected chi connectivity index (χ4v) is 4.63. The second-order valence-electron chi connectivity index (χ2n) is 3.96. The summed E-state index contributed by atoms with van der Waals surface area (Å²) in [6, 6.07) is 0. The second kappa shape index (κ2) is 6.89. The molecular weight excluding hydrogens is 163 g/mol. The van der Waals surface area contributed by atoms with Gasteiger partial charge >= 0.3 is 0 Å². The lowest BCUT2D eigenvalue weighted by atomic mass is 10.2. The van der Waals surface area contributed by atoms with Crippen LogP contribution in [-0.4, -0.2) is 18.5 Å². The van der Waals surface area contributed by atoms with E-state index in [2.05, 4.69) is 6.92 Å². The molecule has 1 rings (SSSR count). The van der Waals surface area contributed by atoms with Crippen LogP contribution in [0.2, 0.25) is 0 Å². The molecule has 0 aromatic heterocycles. The molecule has 1 fully saturated rings. The van der Waals surface area contributed by atoms with Gasteiger partial charge in [-0.25, -0.2) is 0 Å². The lowest BCUT2D eigenvalue weighted by Gasteiger charge is -2.21. The molecule has 1 aliphatic rings. The molecule has 12 heavy (non-hydrogen) atoms. The van der Waals surface area contributed by atoms with Crippen LogP contribution in [0.3, 0.4) is 0 Å². The molecule has 1 heteroatoms. The van der Waals surface area contributed by atoms with Crippen molar-refractivity contribution < 1.29 is 0 Å². The van der Waals surface area contributed by atoms with Gasteiger partial charge in [0.05, 0.1) is 0 Å². The zero-order valence-corrected chi connectivity index (χ0v) is 9.41. The molecule has 0 N–H and O–H groups in total. The zero-order valence-electron chi connectivity index (χ0n) is 8.52. The molecule has 0 spiro atoms. The van der Waals surface area contributed by atoms with Crippen molar-refractivity contribution in [3.05, 3.63) is 0 Å². The molecule has 0 unspecified atom stereocenters. The van der Waals surface area contributed by atoms with E-state index in [1.165, 1.54) is 32.1 Å². The van der Waals surface area contributed by atoms with E-state index in [1.807, 2.05) is 0 Å². The molecular formula is C11H23P. The highest BCUT2D eigenvalue weighted by Gasteiger charge is 2.11. The van der Waals surface area contributed by atoms with Crippen LogP contribution in [0, 0.1) is 0 Å². The molecule has 0 bridgehead atoms. The van der Waals surface area contributed by atoms with E-state index >= 15 is 0 Å². The first-order chi connectivity index (χ1) is 5.93. The van der Waals surface area contributed by atoms with Crippen LogP contribution in [0.15, 0.2) is 0 Å². The van der Waals surface area contributed by atoms with Gasteiger partial charge < -0.3 is 0 Å². The summed E-state index contributed by atoms with van der Waals surface area (Å²) in [7, 11) is 0.512. The molecule has 1 aliphatic heterocycles. The van der Waals surface area contributed by atoms with Gasteiger partial charge in [0.15, 0.2) is 0 Å². The van der Waals surface area contributed by atoms with Crippen LogP contribution in [0.1, 0.15) is 51.9 Å². The summed E-state index contributed by atoms with van der Waals surface area (Å²) >= 11 is 0. The maximum absolute atomic E-state index is 2.30. The summed E-state index contributed by atoms with van der Waals surface area (Å²) in [5.41, 5.74) is 0. The van der Waals surface area contributed by atoms with Gasteiger partial charge in [0, 0.05) is 0 Å². The monoisotopic (exact) mass is 186 g/mol. The van der Waals surface area contributed by atoms with E-state index in [0.717, 1.165) is 0 Å². The first-order valence-electron chi connectivity index (χ1n) is 5.66. The molecule has 1 saturated heterocycles. The largest absolute Gasteiger partial charge is 0.107 e. The van der Waals surface area contributed by atoms with Crippen molar-refractivity contribution in [1.82, 2.24) is 0 Å². The fraction of sp³-hybridized carbons (Fsp3) is 1.00. The van der Waals surface area contributed by atoms with Crippen molar-refractivity contribution in [3.63, 3.8) is 0 Å². The Hall–Kier alpha value is 0.430. The smallest absolute Gasteiger partial charge is 0.0326 e. The maximum atomic E-state index is 2.30. The second-order valence-corrected chi connectivity index (χ2v) is 6.65. The molecule has 72 valence electrons. The number of rotatable bonds is 5. The van der Waals surface area contributed by atoms with Gasteiger partial charge in [-0.3, -0.25) is 0 Å². The molecule has 0 aromatic carbocycles. The summed E-state index contributed by atoms with van der Waals surface area (Å²) in [6.07, 6.45) is 15.3. The Bertz CT molecular complexity index is 95.2. The average Bonchev–Trinajstić information content (AvgIpc) is 2.14. The van der Waals surface area contributed by atoms with Crippen molar-refractivity contribution in [2.45, 2.75) is 51.9 Å². The zero-order chi connectivity index (χ0) is 8.65. The Morgan fingerprint density at radius 3 is 2.33 bits per heavy atom. The highest BCUT2D eigenvalue weighted by Crippen LogP contribution is 2.42. The van der Waals surface area contributed by atoms with Crippen molar-refractivity contribution in [2.75, 3.05) is 18.5 Å². The van der Waals surface area contributed by atoms with Gasteiger partial charge in [0.2, 0.25) is 0 Å². The molecule has 0 saturated carbocycles. The Balaban J connectivity index is 1.91. The molecule has 0 atom stereocenters. The van der Waals surface area contributed by atoms with Crippen LogP contribution >= 0.6 is 7.92 Å². The van der Waals surface area contributed by atoms with E-state index in [4.69, 9.17) is 0 Å². The van der Waals surface area contributed by atoms with Gasteiger partial charge in [0.25, 0.3) is 0 Å². The summed E-state index contributed by atoms with van der Waals surface area (Å²) in [6.45, 7) is 2.30. The van der Waals surface area contributed by atoms with E-state index in [-0.39, 0.29) is 0 Å². The Morgan fingerprint density at radius 1 is 0.917 bits per heavy atom. The van der Waals surface area contributed by atoms with Crippen molar-refractivity contribution in [2.24, 2.45) is 0 Å². The average molecular weight is 186 g/mol. The third-order valence-corrected chi connectivity index (χ3v) is 5.62. The highest BCUT2D eigenvalue weighted by atomic mass is 31.1. The summed E-state index contributed by atoms with van der Waals surface area (Å²) in [4.78, 5) is 0.